The van der Waals surface area contributed by atoms with E-state index in [9.17, 15) is 51.0 Å². The third-order valence-electron chi connectivity index (χ3n) is 9.51. The van der Waals surface area contributed by atoms with Gasteiger partial charge in [0, 0.05) is 37.3 Å². The van der Waals surface area contributed by atoms with Gasteiger partial charge in [-0.15, -0.1) is 0 Å². The molecule has 0 spiro atoms. The van der Waals surface area contributed by atoms with Gasteiger partial charge in [0.05, 0.1) is 0 Å². The van der Waals surface area contributed by atoms with Gasteiger partial charge < -0.3 is 31.5 Å². The van der Waals surface area contributed by atoms with Gasteiger partial charge in [-0.1, -0.05) is 67.4 Å². The molecule has 0 bridgehead atoms. The second kappa shape index (κ2) is 18.5. The summed E-state index contributed by atoms with van der Waals surface area (Å²) in [7, 11) is 0. The quantitative estimate of drug-likeness (QED) is 0.0526. The van der Waals surface area contributed by atoms with Crippen LogP contribution in [-0.2, 0) is 43.2 Å². The molecule has 0 aliphatic carbocycles. The van der Waals surface area contributed by atoms with Gasteiger partial charge in [-0.3, -0.25) is 24.0 Å². The Labute approximate surface area is 317 Å². The first-order valence-corrected chi connectivity index (χ1v) is 17.9. The lowest BCUT2D eigenvalue weighted by Crippen LogP contribution is -2.57. The third kappa shape index (κ3) is 10.4. The molecule has 56 heavy (non-hydrogen) atoms. The number of carbonyl (C=O) groups is 5. The molecular weight excluding hydrogens is 743 g/mol. The molecule has 1 heterocycles. The van der Waals surface area contributed by atoms with E-state index >= 15 is 0 Å². The molecule has 1 aliphatic heterocycles. The van der Waals surface area contributed by atoms with Gasteiger partial charge in [-0.25, -0.2) is 22.0 Å². The number of phenols is 1. The van der Waals surface area contributed by atoms with Crippen molar-refractivity contribution >= 4 is 40.4 Å². The van der Waals surface area contributed by atoms with Crippen molar-refractivity contribution in [2.75, 3.05) is 0 Å². The number of carbonyl (C=O) groups excluding carboxylic acids is 4. The van der Waals surface area contributed by atoms with E-state index in [0.717, 1.165) is 10.8 Å². The minimum absolute atomic E-state index is 0.0121. The van der Waals surface area contributed by atoms with Crippen LogP contribution in [0.2, 0.25) is 0 Å². The Kier molecular flexibility index (Phi) is 13.6. The predicted octanol–water partition coefficient (Wildman–Crippen LogP) is 4.65. The van der Waals surface area contributed by atoms with E-state index in [1.54, 1.807) is 18.2 Å². The number of nitrogens with one attached hydrogen (secondary N) is 4. The molecule has 0 radical (unpaired) electrons. The summed E-state index contributed by atoms with van der Waals surface area (Å²) in [5.74, 6) is -16.2. The lowest BCUT2D eigenvalue weighted by Gasteiger charge is -2.26. The highest BCUT2D eigenvalue weighted by Gasteiger charge is 2.35. The number of carboxylic acid groups (broad SMARTS) is 1. The molecule has 1 aliphatic rings. The number of carboxylic acids is 1. The van der Waals surface area contributed by atoms with Crippen molar-refractivity contribution in [1.29, 1.82) is 0 Å². The van der Waals surface area contributed by atoms with Crippen LogP contribution in [0.5, 0.6) is 5.75 Å². The van der Waals surface area contributed by atoms with Gasteiger partial charge in [0.25, 0.3) is 0 Å². The van der Waals surface area contributed by atoms with Crippen molar-refractivity contribution in [3.05, 3.63) is 113 Å². The largest absolute Gasteiger partial charge is 0.508 e. The molecule has 1 fully saturated rings. The summed E-state index contributed by atoms with van der Waals surface area (Å²) in [6.45, 7) is 0. The molecule has 0 unspecified atom stereocenters. The average Bonchev–Trinajstić information content (AvgIpc) is 3.17. The number of hydrogen-bond acceptors (Lipinski definition) is 6. The molecular formula is C40H39F5N4O7. The van der Waals surface area contributed by atoms with Gasteiger partial charge in [0.2, 0.25) is 29.4 Å². The number of aliphatic carboxylic acids is 1. The van der Waals surface area contributed by atoms with Gasteiger partial charge in [-0.05, 0) is 53.3 Å². The molecule has 4 atom stereocenters. The number of amides is 4. The normalized spacial score (nSPS) is 19.5. The summed E-state index contributed by atoms with van der Waals surface area (Å²) < 4.78 is 72.1. The van der Waals surface area contributed by atoms with Gasteiger partial charge in [0.1, 0.15) is 23.9 Å². The summed E-state index contributed by atoms with van der Waals surface area (Å²) in [6.07, 6.45) is -1.38. The van der Waals surface area contributed by atoms with Crippen molar-refractivity contribution in [3.63, 3.8) is 0 Å². The number of unbranched alkanes of at least 4 members (excludes halogenated alkanes) is 2. The smallest absolute Gasteiger partial charge is 0.303 e. The summed E-state index contributed by atoms with van der Waals surface area (Å²) in [5, 5.41) is 30.6. The molecule has 11 nitrogen and oxygen atoms in total. The number of halogens is 5. The van der Waals surface area contributed by atoms with Crippen molar-refractivity contribution < 1.29 is 56.1 Å². The van der Waals surface area contributed by atoms with E-state index < -0.39 is 101 Å². The minimum atomic E-state index is -2.42. The maximum atomic E-state index is 14.9. The second-order valence-electron chi connectivity index (χ2n) is 13.6. The van der Waals surface area contributed by atoms with Crippen LogP contribution in [0.1, 0.15) is 55.2 Å². The van der Waals surface area contributed by atoms with E-state index in [-0.39, 0.29) is 44.3 Å². The van der Waals surface area contributed by atoms with Crippen LogP contribution in [0, 0.1) is 29.1 Å². The van der Waals surface area contributed by atoms with Gasteiger partial charge in [0.15, 0.2) is 23.3 Å². The van der Waals surface area contributed by atoms with Gasteiger partial charge in [-0.2, -0.15) is 0 Å². The summed E-state index contributed by atoms with van der Waals surface area (Å²) >= 11 is 0. The van der Waals surface area contributed by atoms with E-state index in [2.05, 4.69) is 21.3 Å². The number of benzene rings is 4. The van der Waals surface area contributed by atoms with E-state index in [0.29, 0.717) is 17.5 Å². The zero-order chi connectivity index (χ0) is 40.5. The summed E-state index contributed by atoms with van der Waals surface area (Å²) in [6, 6.07) is 12.9. The number of rotatable bonds is 12. The SMILES string of the molecule is O=C(O)CCCCC[C@@H]1NC(=O)[C@H](Cc2c(F)c(F)c(F)c(F)c2F)NC(=O)C[C@H](Cc2ccc(O)cc2)NC(=O)[C@H](Cc2cccc3ccccc23)NC1=O. The van der Waals surface area contributed by atoms with Crippen LogP contribution < -0.4 is 21.3 Å². The molecule has 5 rings (SSSR count). The Hall–Kier alpha value is -6.06. The Bertz CT molecular complexity index is 2080. The maximum Gasteiger partial charge on any atom is 0.303 e. The van der Waals surface area contributed by atoms with Crippen molar-refractivity contribution in [2.45, 2.75) is 82.0 Å². The van der Waals surface area contributed by atoms with E-state index in [4.69, 9.17) is 5.11 Å². The van der Waals surface area contributed by atoms with Crippen LogP contribution in [0.4, 0.5) is 22.0 Å². The summed E-state index contributed by atoms with van der Waals surface area (Å²) in [4.78, 5) is 66.7. The van der Waals surface area contributed by atoms with Crippen molar-refractivity contribution in [2.24, 2.45) is 0 Å². The Morgan fingerprint density at radius 3 is 1.91 bits per heavy atom. The maximum absolute atomic E-state index is 14.9. The molecule has 0 aromatic heterocycles. The fourth-order valence-corrected chi connectivity index (χ4v) is 6.63. The average molecular weight is 783 g/mol. The zero-order valence-electron chi connectivity index (χ0n) is 29.8. The molecule has 6 N–H and O–H groups in total. The third-order valence-corrected chi connectivity index (χ3v) is 9.51. The van der Waals surface area contributed by atoms with Crippen molar-refractivity contribution in [1.82, 2.24) is 21.3 Å². The van der Waals surface area contributed by atoms with Crippen LogP contribution in [0.25, 0.3) is 10.8 Å². The number of phenolic OH excluding ortho intramolecular Hbond substituents is 1. The van der Waals surface area contributed by atoms with Crippen LogP contribution >= 0.6 is 0 Å². The van der Waals surface area contributed by atoms with Crippen LogP contribution in [-0.4, -0.2) is 64.0 Å². The molecule has 16 heteroatoms. The topological polar surface area (TPSA) is 174 Å². The summed E-state index contributed by atoms with van der Waals surface area (Å²) in [5.41, 5.74) is -0.152. The highest BCUT2D eigenvalue weighted by molar-refractivity contribution is 5.95. The lowest BCUT2D eigenvalue weighted by atomic mass is 9.97. The minimum Gasteiger partial charge on any atom is -0.508 e. The Morgan fingerprint density at radius 1 is 0.625 bits per heavy atom. The number of fused-ring (bicyclic) bond motifs is 1. The Balaban J connectivity index is 1.53. The molecule has 4 amide bonds. The van der Waals surface area contributed by atoms with Crippen LogP contribution in [0.3, 0.4) is 0 Å². The van der Waals surface area contributed by atoms with Crippen molar-refractivity contribution in [3.8, 4) is 5.75 Å². The molecule has 4 aromatic rings. The Morgan fingerprint density at radius 2 is 1.21 bits per heavy atom. The molecule has 296 valence electrons. The number of aromatic hydroxyl groups is 1. The first-order chi connectivity index (χ1) is 26.7. The molecule has 0 saturated carbocycles. The fraction of sp³-hybridized carbons (Fsp3) is 0.325. The standard InChI is InChI=1S/C40H39F5N4O7/c41-33-27(34(42)36(44)37(45)35(33)43)20-30-40(56)48-28(11-2-1-3-12-32(52)53)38(54)49-29(18-23-9-6-8-22-7-4-5-10-26(22)23)39(55)46-24(19-31(51)47-30)17-21-13-15-25(50)16-14-21/h4-10,13-16,24,28-30,50H,1-3,11-12,17-20H2,(H,46,55)(H,47,51)(H,48,56)(H,49,54)(H,52,53)/t24-,28-,29-,30-/m0/s1. The molecule has 4 aromatic carbocycles. The lowest BCUT2D eigenvalue weighted by molar-refractivity contribution is -0.137. The number of hydrogen-bond donors (Lipinski definition) is 6. The monoisotopic (exact) mass is 782 g/mol. The molecule has 1 saturated heterocycles. The van der Waals surface area contributed by atoms with E-state index in [1.807, 2.05) is 24.3 Å². The van der Waals surface area contributed by atoms with Gasteiger partial charge >= 0.3 is 5.97 Å². The van der Waals surface area contributed by atoms with E-state index in [1.165, 1.54) is 24.3 Å². The zero-order valence-corrected chi connectivity index (χ0v) is 29.8. The van der Waals surface area contributed by atoms with Crippen LogP contribution in [0.15, 0.2) is 66.7 Å². The highest BCUT2D eigenvalue weighted by Crippen LogP contribution is 2.25. The predicted molar refractivity (Wildman–Crippen MR) is 192 cm³/mol. The highest BCUT2D eigenvalue weighted by atomic mass is 19.2. The first-order valence-electron chi connectivity index (χ1n) is 17.9. The fourth-order valence-electron chi connectivity index (χ4n) is 6.63. The first kappa shape index (κ1) is 41.1. The second-order valence-corrected chi connectivity index (χ2v) is 13.6.